The van der Waals surface area contributed by atoms with Crippen molar-refractivity contribution in [1.82, 2.24) is 4.72 Å². The highest BCUT2D eigenvalue weighted by Crippen LogP contribution is 2.23. The van der Waals surface area contributed by atoms with Crippen LogP contribution in [0.3, 0.4) is 0 Å². The number of rotatable bonds is 7. The van der Waals surface area contributed by atoms with Crippen molar-refractivity contribution in [3.05, 3.63) is 29.8 Å². The maximum atomic E-state index is 12.3. The number of hydrogen-bond donors (Lipinski definition) is 2. The third-order valence-corrected chi connectivity index (χ3v) is 5.36. The molecular formula is C15H23NO4S. The predicted octanol–water partition coefficient (Wildman–Crippen LogP) is 1.31. The summed E-state index contributed by atoms with van der Waals surface area (Å²) in [5.41, 5.74) is 0.923. The van der Waals surface area contributed by atoms with Crippen LogP contribution in [0.5, 0.6) is 0 Å². The van der Waals surface area contributed by atoms with Crippen LogP contribution < -0.4 is 4.72 Å². The lowest BCUT2D eigenvalue weighted by Crippen LogP contribution is -2.32. The summed E-state index contributed by atoms with van der Waals surface area (Å²) in [5, 5.41) is 8.86. The van der Waals surface area contributed by atoms with Gasteiger partial charge in [0.15, 0.2) is 0 Å². The lowest BCUT2D eigenvalue weighted by Gasteiger charge is -2.17. The minimum Gasteiger partial charge on any atom is -0.396 e. The van der Waals surface area contributed by atoms with Crippen LogP contribution in [0.1, 0.15) is 25.3 Å². The van der Waals surface area contributed by atoms with Crippen LogP contribution in [-0.2, 0) is 21.2 Å². The molecule has 2 unspecified atom stereocenters. The van der Waals surface area contributed by atoms with Crippen LogP contribution in [0, 0.1) is 5.92 Å². The topological polar surface area (TPSA) is 75.6 Å². The number of nitrogens with one attached hydrogen (secondary N) is 1. The van der Waals surface area contributed by atoms with Crippen molar-refractivity contribution >= 4 is 10.0 Å². The molecule has 5 nitrogen and oxygen atoms in total. The van der Waals surface area contributed by atoms with Gasteiger partial charge >= 0.3 is 0 Å². The molecule has 0 bridgehead atoms. The van der Waals surface area contributed by atoms with Crippen LogP contribution in [0.2, 0.25) is 0 Å². The summed E-state index contributed by atoms with van der Waals surface area (Å²) < 4.78 is 32.7. The first kappa shape index (κ1) is 16.4. The summed E-state index contributed by atoms with van der Waals surface area (Å²) in [6, 6.07) is 6.63. The fourth-order valence-electron chi connectivity index (χ4n) is 2.64. The summed E-state index contributed by atoms with van der Waals surface area (Å²) in [7, 11) is -3.48. The number of ether oxygens (including phenoxy) is 1. The molecule has 21 heavy (non-hydrogen) atoms. The van der Waals surface area contributed by atoms with E-state index in [-0.39, 0.29) is 23.5 Å². The Kier molecular flexibility index (Phi) is 5.75. The molecule has 1 fully saturated rings. The molecule has 1 aliphatic rings. The number of hydrogen-bond acceptors (Lipinski definition) is 4. The second-order valence-electron chi connectivity index (χ2n) is 5.34. The van der Waals surface area contributed by atoms with E-state index in [0.29, 0.717) is 19.6 Å². The number of aliphatic hydroxyl groups excluding tert-OH is 1. The van der Waals surface area contributed by atoms with E-state index in [2.05, 4.69) is 11.6 Å². The lowest BCUT2D eigenvalue weighted by atomic mass is 10.0. The first-order valence-electron chi connectivity index (χ1n) is 7.38. The Morgan fingerprint density at radius 1 is 1.33 bits per heavy atom. The van der Waals surface area contributed by atoms with Crippen molar-refractivity contribution in [2.75, 3.05) is 19.8 Å². The predicted molar refractivity (Wildman–Crippen MR) is 80.6 cm³/mol. The highest BCUT2D eigenvalue weighted by molar-refractivity contribution is 7.89. The third-order valence-electron chi connectivity index (χ3n) is 3.92. The second kappa shape index (κ2) is 7.35. The summed E-state index contributed by atoms with van der Waals surface area (Å²) in [4.78, 5) is 0.260. The van der Waals surface area contributed by atoms with Gasteiger partial charge in [-0.3, -0.25) is 0 Å². The average Bonchev–Trinajstić information content (AvgIpc) is 2.94. The van der Waals surface area contributed by atoms with Crippen molar-refractivity contribution in [2.45, 2.75) is 37.2 Å². The van der Waals surface area contributed by atoms with E-state index in [1.54, 1.807) is 24.3 Å². The van der Waals surface area contributed by atoms with Gasteiger partial charge in [0.25, 0.3) is 0 Å². The first-order valence-corrected chi connectivity index (χ1v) is 8.86. The van der Waals surface area contributed by atoms with Crippen LogP contribution in [0.15, 0.2) is 29.2 Å². The molecule has 1 aromatic rings. The zero-order valence-electron chi connectivity index (χ0n) is 12.3. The quantitative estimate of drug-likeness (QED) is 0.796. The standard InChI is InChI=1S/C15H23NO4S/c1-2-15-13(8-10-20-15)11-16-21(18,19)14-5-3-12(4-6-14)7-9-17/h3-6,13,15-17H,2,7-11H2,1H3. The molecule has 1 aliphatic heterocycles. The zero-order chi connectivity index (χ0) is 15.3. The Labute approximate surface area is 126 Å². The molecule has 0 spiro atoms. The van der Waals surface area contributed by atoms with Crippen molar-refractivity contribution in [3.8, 4) is 0 Å². The monoisotopic (exact) mass is 313 g/mol. The van der Waals surface area contributed by atoms with Gasteiger partial charge in [-0.15, -0.1) is 0 Å². The molecule has 1 heterocycles. The Morgan fingerprint density at radius 3 is 2.67 bits per heavy atom. The van der Waals surface area contributed by atoms with Gasteiger partial charge in [0.1, 0.15) is 0 Å². The molecule has 1 aromatic carbocycles. The summed E-state index contributed by atoms with van der Waals surface area (Å²) in [5.74, 6) is 0.249. The van der Waals surface area contributed by atoms with E-state index in [0.717, 1.165) is 18.4 Å². The number of benzene rings is 1. The molecular weight excluding hydrogens is 290 g/mol. The minimum absolute atomic E-state index is 0.0600. The lowest BCUT2D eigenvalue weighted by molar-refractivity contribution is 0.0884. The molecule has 2 N–H and O–H groups in total. The van der Waals surface area contributed by atoms with Crippen LogP contribution in [-0.4, -0.2) is 39.4 Å². The van der Waals surface area contributed by atoms with Crippen molar-refractivity contribution in [2.24, 2.45) is 5.92 Å². The van der Waals surface area contributed by atoms with Crippen LogP contribution in [0.25, 0.3) is 0 Å². The molecule has 6 heteroatoms. The second-order valence-corrected chi connectivity index (χ2v) is 7.10. The highest BCUT2D eigenvalue weighted by Gasteiger charge is 2.28. The van der Waals surface area contributed by atoms with E-state index in [1.165, 1.54) is 0 Å². The highest BCUT2D eigenvalue weighted by atomic mass is 32.2. The van der Waals surface area contributed by atoms with E-state index < -0.39 is 10.0 Å². The summed E-state index contributed by atoms with van der Waals surface area (Å²) in [6.45, 7) is 3.24. The SMILES string of the molecule is CCC1OCCC1CNS(=O)(=O)c1ccc(CCO)cc1. The van der Waals surface area contributed by atoms with Gasteiger partial charge in [-0.2, -0.15) is 0 Å². The van der Waals surface area contributed by atoms with Gasteiger partial charge in [-0.25, -0.2) is 13.1 Å². The normalized spacial score (nSPS) is 22.6. The minimum atomic E-state index is -3.48. The van der Waals surface area contributed by atoms with E-state index in [9.17, 15) is 8.42 Å². The Bertz CT molecular complexity index is 541. The number of aliphatic hydroxyl groups is 1. The Hall–Kier alpha value is -0.950. The number of sulfonamides is 1. The molecule has 1 saturated heterocycles. The molecule has 2 atom stereocenters. The first-order chi connectivity index (χ1) is 10.1. The van der Waals surface area contributed by atoms with Crippen LogP contribution >= 0.6 is 0 Å². The Balaban J connectivity index is 1.97. The largest absolute Gasteiger partial charge is 0.396 e. The van der Waals surface area contributed by atoms with E-state index in [4.69, 9.17) is 9.84 Å². The molecule has 0 radical (unpaired) electrons. The zero-order valence-corrected chi connectivity index (χ0v) is 13.1. The fourth-order valence-corrected chi connectivity index (χ4v) is 3.74. The van der Waals surface area contributed by atoms with Gasteiger partial charge in [-0.05, 0) is 37.0 Å². The maximum absolute atomic E-state index is 12.3. The molecule has 118 valence electrons. The summed E-state index contributed by atoms with van der Waals surface area (Å²) in [6.07, 6.45) is 2.49. The van der Waals surface area contributed by atoms with Crippen molar-refractivity contribution in [1.29, 1.82) is 0 Å². The molecule has 0 aromatic heterocycles. The average molecular weight is 313 g/mol. The van der Waals surface area contributed by atoms with Gasteiger partial charge in [0.05, 0.1) is 11.0 Å². The van der Waals surface area contributed by atoms with Gasteiger partial charge in [-0.1, -0.05) is 19.1 Å². The van der Waals surface area contributed by atoms with Crippen molar-refractivity contribution < 1.29 is 18.3 Å². The molecule has 0 aliphatic carbocycles. The van der Waals surface area contributed by atoms with E-state index in [1.807, 2.05) is 0 Å². The summed E-state index contributed by atoms with van der Waals surface area (Å²) >= 11 is 0. The smallest absolute Gasteiger partial charge is 0.240 e. The fraction of sp³-hybridized carbons (Fsp3) is 0.600. The van der Waals surface area contributed by atoms with Crippen molar-refractivity contribution in [3.63, 3.8) is 0 Å². The third kappa shape index (κ3) is 4.26. The van der Waals surface area contributed by atoms with Crippen LogP contribution in [0.4, 0.5) is 0 Å². The Morgan fingerprint density at radius 2 is 2.05 bits per heavy atom. The molecule has 0 saturated carbocycles. The van der Waals surface area contributed by atoms with Gasteiger partial charge < -0.3 is 9.84 Å². The van der Waals surface area contributed by atoms with Gasteiger partial charge in [0.2, 0.25) is 10.0 Å². The van der Waals surface area contributed by atoms with E-state index >= 15 is 0 Å². The maximum Gasteiger partial charge on any atom is 0.240 e. The van der Waals surface area contributed by atoms with Gasteiger partial charge in [0, 0.05) is 25.7 Å². The molecule has 2 rings (SSSR count). The molecule has 0 amide bonds.